The highest BCUT2D eigenvalue weighted by Gasteiger charge is 2.13. The van der Waals surface area contributed by atoms with Gasteiger partial charge in [-0.1, -0.05) is 42.8 Å². The van der Waals surface area contributed by atoms with Crippen molar-refractivity contribution in [2.24, 2.45) is 0 Å². The molecule has 3 heteroatoms. The van der Waals surface area contributed by atoms with Crippen LogP contribution < -0.4 is 0 Å². The number of aryl methyl sites for hydroxylation is 1. The van der Waals surface area contributed by atoms with Crippen molar-refractivity contribution >= 4 is 11.6 Å². The summed E-state index contributed by atoms with van der Waals surface area (Å²) >= 11 is 6.01. The first kappa shape index (κ1) is 12.1. The van der Waals surface area contributed by atoms with Crippen molar-refractivity contribution in [2.45, 2.75) is 19.4 Å². The summed E-state index contributed by atoms with van der Waals surface area (Å²) in [6.07, 6.45) is 3.47. The van der Waals surface area contributed by atoms with Crippen LogP contribution in [-0.4, -0.2) is 10.1 Å². The van der Waals surface area contributed by atoms with Crippen LogP contribution in [0.2, 0.25) is 5.02 Å². The smallest absolute Gasteiger partial charge is 0.106 e. The lowest BCUT2D eigenvalue weighted by molar-refractivity contribution is 0.220. The van der Waals surface area contributed by atoms with Crippen molar-refractivity contribution in [2.75, 3.05) is 0 Å². The number of nitrogens with zero attached hydrogens (tertiary/aromatic N) is 1. The van der Waals surface area contributed by atoms with E-state index >= 15 is 0 Å². The minimum Gasteiger partial charge on any atom is -0.384 e. The average molecular weight is 248 g/mol. The Bertz CT molecular complexity index is 496. The molecule has 2 rings (SSSR count). The fourth-order valence-corrected chi connectivity index (χ4v) is 1.95. The van der Waals surface area contributed by atoms with Gasteiger partial charge >= 0.3 is 0 Å². The summed E-state index contributed by atoms with van der Waals surface area (Å²) in [5.41, 5.74) is 2.78. The van der Waals surface area contributed by atoms with E-state index in [2.05, 4.69) is 11.9 Å². The fourth-order valence-electron chi connectivity index (χ4n) is 1.72. The largest absolute Gasteiger partial charge is 0.384 e. The highest BCUT2D eigenvalue weighted by atomic mass is 35.5. The molecule has 1 heterocycles. The molecule has 0 aliphatic rings. The molecule has 1 aromatic heterocycles. The summed E-state index contributed by atoms with van der Waals surface area (Å²) < 4.78 is 0. The van der Waals surface area contributed by atoms with Gasteiger partial charge in [-0.05, 0) is 23.6 Å². The highest BCUT2D eigenvalue weighted by molar-refractivity contribution is 6.31. The molecule has 0 saturated carbocycles. The number of halogens is 1. The molecule has 2 nitrogen and oxygen atoms in total. The minimum atomic E-state index is -0.698. The highest BCUT2D eigenvalue weighted by Crippen LogP contribution is 2.27. The molecule has 1 N–H and O–H groups in total. The Morgan fingerprint density at radius 3 is 2.53 bits per heavy atom. The Morgan fingerprint density at radius 2 is 1.94 bits per heavy atom. The molecule has 0 spiro atoms. The van der Waals surface area contributed by atoms with Gasteiger partial charge < -0.3 is 5.11 Å². The number of rotatable bonds is 3. The van der Waals surface area contributed by atoms with E-state index < -0.39 is 6.10 Å². The second kappa shape index (κ2) is 5.30. The van der Waals surface area contributed by atoms with Gasteiger partial charge in [0.25, 0.3) is 0 Å². The van der Waals surface area contributed by atoms with Crippen LogP contribution in [0.3, 0.4) is 0 Å². The molecule has 88 valence electrons. The van der Waals surface area contributed by atoms with Gasteiger partial charge in [-0.25, -0.2) is 0 Å². The van der Waals surface area contributed by atoms with Gasteiger partial charge in [0.2, 0.25) is 0 Å². The van der Waals surface area contributed by atoms with Crippen molar-refractivity contribution in [3.8, 4) is 0 Å². The third kappa shape index (κ3) is 2.65. The van der Waals surface area contributed by atoms with Crippen molar-refractivity contribution in [3.05, 3.63) is 64.4 Å². The predicted molar refractivity (Wildman–Crippen MR) is 69.1 cm³/mol. The van der Waals surface area contributed by atoms with Gasteiger partial charge in [-0.3, -0.25) is 4.98 Å². The third-order valence-corrected chi connectivity index (χ3v) is 3.12. The standard InChI is InChI=1S/C14H14ClNO/c1-2-10-3-5-11(6-4-10)14(17)12-7-8-16-9-13(12)15/h3-9,14,17H,2H2,1H3. The molecule has 0 aliphatic carbocycles. The van der Waals surface area contributed by atoms with E-state index in [1.54, 1.807) is 18.5 Å². The monoisotopic (exact) mass is 247 g/mol. The van der Waals surface area contributed by atoms with Crippen LogP contribution in [0.5, 0.6) is 0 Å². The zero-order chi connectivity index (χ0) is 12.3. The maximum atomic E-state index is 10.2. The molecular weight excluding hydrogens is 234 g/mol. The molecule has 2 aromatic rings. The second-order valence-corrected chi connectivity index (χ2v) is 4.30. The SMILES string of the molecule is CCc1ccc(C(O)c2ccncc2Cl)cc1. The molecule has 1 unspecified atom stereocenters. The van der Waals surface area contributed by atoms with Crippen LogP contribution in [0.25, 0.3) is 0 Å². The zero-order valence-corrected chi connectivity index (χ0v) is 10.4. The molecule has 1 atom stereocenters. The van der Waals surface area contributed by atoms with E-state index in [1.165, 1.54) is 5.56 Å². The summed E-state index contributed by atoms with van der Waals surface area (Å²) in [5, 5.41) is 10.7. The average Bonchev–Trinajstić information content (AvgIpc) is 2.39. The van der Waals surface area contributed by atoms with Crippen molar-refractivity contribution in [1.82, 2.24) is 4.98 Å². The minimum absolute atomic E-state index is 0.486. The number of hydrogen-bond acceptors (Lipinski definition) is 2. The van der Waals surface area contributed by atoms with Crippen LogP contribution >= 0.6 is 11.6 Å². The Morgan fingerprint density at radius 1 is 1.24 bits per heavy atom. The molecule has 0 amide bonds. The molecular formula is C14H14ClNO. The number of aliphatic hydroxyl groups excluding tert-OH is 1. The van der Waals surface area contributed by atoms with Gasteiger partial charge in [0, 0.05) is 18.0 Å². The van der Waals surface area contributed by atoms with E-state index in [-0.39, 0.29) is 0 Å². The molecule has 0 fully saturated rings. The van der Waals surface area contributed by atoms with E-state index in [0.29, 0.717) is 10.6 Å². The van der Waals surface area contributed by atoms with E-state index in [4.69, 9.17) is 11.6 Å². The van der Waals surface area contributed by atoms with Gasteiger partial charge in [0.05, 0.1) is 5.02 Å². The van der Waals surface area contributed by atoms with Gasteiger partial charge in [-0.2, -0.15) is 0 Å². The second-order valence-electron chi connectivity index (χ2n) is 3.89. The Balaban J connectivity index is 2.30. The Kier molecular flexibility index (Phi) is 3.77. The molecule has 0 aliphatic heterocycles. The van der Waals surface area contributed by atoms with Crippen LogP contribution in [0.4, 0.5) is 0 Å². The topological polar surface area (TPSA) is 33.1 Å². The number of aliphatic hydroxyl groups is 1. The molecule has 0 saturated heterocycles. The van der Waals surface area contributed by atoms with Crippen LogP contribution in [0, 0.1) is 0 Å². The fraction of sp³-hybridized carbons (Fsp3) is 0.214. The quantitative estimate of drug-likeness (QED) is 0.902. The Hall–Kier alpha value is -1.38. The van der Waals surface area contributed by atoms with Gasteiger partial charge in [-0.15, -0.1) is 0 Å². The molecule has 0 radical (unpaired) electrons. The summed E-state index contributed by atoms with van der Waals surface area (Å²) in [5.74, 6) is 0. The number of hydrogen-bond donors (Lipinski definition) is 1. The number of benzene rings is 1. The van der Waals surface area contributed by atoms with Crippen molar-refractivity contribution in [3.63, 3.8) is 0 Å². The lowest BCUT2D eigenvalue weighted by Gasteiger charge is -2.13. The van der Waals surface area contributed by atoms with E-state index in [1.807, 2.05) is 24.3 Å². The summed E-state index contributed by atoms with van der Waals surface area (Å²) in [6, 6.07) is 9.64. The van der Waals surface area contributed by atoms with Crippen LogP contribution in [0.1, 0.15) is 29.7 Å². The Labute approximate surface area is 106 Å². The molecule has 17 heavy (non-hydrogen) atoms. The first-order valence-electron chi connectivity index (χ1n) is 5.58. The first-order chi connectivity index (χ1) is 8.22. The number of aromatic nitrogens is 1. The summed E-state index contributed by atoms with van der Waals surface area (Å²) in [6.45, 7) is 2.10. The van der Waals surface area contributed by atoms with Gasteiger partial charge in [0.15, 0.2) is 0 Å². The predicted octanol–water partition coefficient (Wildman–Crippen LogP) is 3.38. The molecule has 1 aromatic carbocycles. The van der Waals surface area contributed by atoms with Crippen molar-refractivity contribution < 1.29 is 5.11 Å². The van der Waals surface area contributed by atoms with E-state index in [0.717, 1.165) is 12.0 Å². The third-order valence-electron chi connectivity index (χ3n) is 2.80. The normalized spacial score (nSPS) is 12.4. The van der Waals surface area contributed by atoms with E-state index in [9.17, 15) is 5.11 Å². The van der Waals surface area contributed by atoms with Crippen LogP contribution in [-0.2, 0) is 6.42 Å². The zero-order valence-electron chi connectivity index (χ0n) is 9.60. The van der Waals surface area contributed by atoms with Crippen molar-refractivity contribution in [1.29, 1.82) is 0 Å². The van der Waals surface area contributed by atoms with Gasteiger partial charge in [0.1, 0.15) is 6.10 Å². The maximum Gasteiger partial charge on any atom is 0.106 e. The lowest BCUT2D eigenvalue weighted by atomic mass is 10.0. The maximum absolute atomic E-state index is 10.2. The first-order valence-corrected chi connectivity index (χ1v) is 5.96. The summed E-state index contributed by atoms with van der Waals surface area (Å²) in [4.78, 5) is 3.91. The van der Waals surface area contributed by atoms with Crippen LogP contribution in [0.15, 0.2) is 42.7 Å². The summed E-state index contributed by atoms with van der Waals surface area (Å²) in [7, 11) is 0. The lowest BCUT2D eigenvalue weighted by Crippen LogP contribution is -2.00. The number of pyridine rings is 1. The molecule has 0 bridgehead atoms.